The summed E-state index contributed by atoms with van der Waals surface area (Å²) in [5, 5.41) is 8.98. The molecule has 0 fully saturated rings. The zero-order valence-corrected chi connectivity index (χ0v) is 21.4. The molecule has 0 saturated carbocycles. The standard InChI is InChI=1S/C28H30FNO6/c1-7-13-33-26(32)35-25-23(24(31)27(3,4)36-28(25,5)6)20-15-19(11-10-18(20)8-2)34-22-12-9-17(16-30)14-21(22)29/h9-12,14-15H,7-8,13H2,1-6H3. The van der Waals surface area contributed by atoms with Gasteiger partial charge in [-0.2, -0.15) is 5.26 Å². The van der Waals surface area contributed by atoms with Crippen molar-refractivity contribution >= 4 is 17.5 Å². The third-order valence-corrected chi connectivity index (χ3v) is 5.69. The number of carbonyl (C=O) groups is 2. The molecular formula is C28H30FNO6. The number of ether oxygens (including phenoxy) is 4. The summed E-state index contributed by atoms with van der Waals surface area (Å²) in [6.45, 7) is 10.7. The molecule has 1 heterocycles. The van der Waals surface area contributed by atoms with Gasteiger partial charge in [-0.15, -0.1) is 0 Å². The van der Waals surface area contributed by atoms with E-state index in [0.717, 1.165) is 11.6 Å². The third-order valence-electron chi connectivity index (χ3n) is 5.69. The minimum atomic E-state index is -1.21. The van der Waals surface area contributed by atoms with E-state index in [0.29, 0.717) is 18.4 Å². The molecule has 0 unspecified atom stereocenters. The lowest BCUT2D eigenvalue weighted by molar-refractivity contribution is -0.159. The molecule has 7 nitrogen and oxygen atoms in total. The van der Waals surface area contributed by atoms with E-state index in [9.17, 15) is 14.0 Å². The molecule has 0 N–H and O–H groups in total. The van der Waals surface area contributed by atoms with Crippen LogP contribution < -0.4 is 4.74 Å². The zero-order valence-electron chi connectivity index (χ0n) is 21.4. The Morgan fingerprint density at radius 3 is 2.42 bits per heavy atom. The summed E-state index contributed by atoms with van der Waals surface area (Å²) in [5.41, 5.74) is -0.730. The first-order chi connectivity index (χ1) is 16.9. The first-order valence-corrected chi connectivity index (χ1v) is 11.8. The maximum absolute atomic E-state index is 14.5. The van der Waals surface area contributed by atoms with Crippen LogP contribution in [0.15, 0.2) is 42.2 Å². The van der Waals surface area contributed by atoms with Gasteiger partial charge in [0.2, 0.25) is 0 Å². The Bertz CT molecular complexity index is 1260. The van der Waals surface area contributed by atoms with Gasteiger partial charge in [0.1, 0.15) is 17.0 Å². The van der Waals surface area contributed by atoms with Crippen LogP contribution in [0.2, 0.25) is 0 Å². The van der Waals surface area contributed by atoms with E-state index >= 15 is 0 Å². The molecule has 8 heteroatoms. The molecule has 0 saturated heterocycles. The molecule has 2 aromatic rings. The first-order valence-electron chi connectivity index (χ1n) is 11.8. The first kappa shape index (κ1) is 26.9. The highest BCUT2D eigenvalue weighted by atomic mass is 19.1. The fraction of sp³-hybridized carbons (Fsp3) is 0.393. The second-order valence-electron chi connectivity index (χ2n) is 9.39. The van der Waals surface area contributed by atoms with Crippen LogP contribution in [0.5, 0.6) is 11.5 Å². The molecule has 3 rings (SSSR count). The average molecular weight is 496 g/mol. The molecule has 1 aliphatic rings. The highest BCUT2D eigenvalue weighted by molar-refractivity contribution is 6.26. The minimum absolute atomic E-state index is 0.0318. The Labute approximate surface area is 210 Å². The number of nitrogens with zero attached hydrogens (tertiary/aromatic N) is 1. The molecule has 0 amide bonds. The smallest absolute Gasteiger partial charge is 0.454 e. The molecular weight excluding hydrogens is 465 g/mol. The van der Waals surface area contributed by atoms with E-state index < -0.39 is 23.2 Å². The van der Waals surface area contributed by atoms with Crippen LogP contribution in [-0.2, 0) is 25.4 Å². The summed E-state index contributed by atoms with van der Waals surface area (Å²) in [4.78, 5) is 26.1. The molecule has 2 aromatic carbocycles. The molecule has 0 aliphatic carbocycles. The van der Waals surface area contributed by atoms with E-state index in [-0.39, 0.29) is 40.8 Å². The van der Waals surface area contributed by atoms with Crippen molar-refractivity contribution in [3.8, 4) is 17.6 Å². The Morgan fingerprint density at radius 2 is 1.81 bits per heavy atom. The fourth-order valence-corrected chi connectivity index (χ4v) is 4.09. The number of Topliss-reactive ketones (excluding diaryl/α,β-unsaturated/α-hetero) is 1. The second-order valence-corrected chi connectivity index (χ2v) is 9.39. The predicted molar refractivity (Wildman–Crippen MR) is 131 cm³/mol. The lowest BCUT2D eigenvalue weighted by Gasteiger charge is -2.42. The molecule has 0 atom stereocenters. The zero-order chi connectivity index (χ0) is 26.7. The van der Waals surface area contributed by atoms with E-state index in [1.165, 1.54) is 12.1 Å². The van der Waals surface area contributed by atoms with Crippen LogP contribution in [-0.4, -0.2) is 29.7 Å². The molecule has 36 heavy (non-hydrogen) atoms. The topological polar surface area (TPSA) is 94.9 Å². The van der Waals surface area contributed by atoms with Crippen molar-refractivity contribution in [2.24, 2.45) is 0 Å². The van der Waals surface area contributed by atoms with Gasteiger partial charge in [0.05, 0.1) is 23.8 Å². The van der Waals surface area contributed by atoms with Crippen molar-refractivity contribution in [3.63, 3.8) is 0 Å². The summed E-state index contributed by atoms with van der Waals surface area (Å²) < 4.78 is 36.9. The number of halogens is 1. The van der Waals surface area contributed by atoms with E-state index in [4.69, 9.17) is 24.2 Å². The Morgan fingerprint density at radius 1 is 1.08 bits per heavy atom. The van der Waals surface area contributed by atoms with Crippen LogP contribution in [0.4, 0.5) is 9.18 Å². The fourth-order valence-electron chi connectivity index (χ4n) is 4.09. The van der Waals surface area contributed by atoms with Crippen LogP contribution in [0, 0.1) is 17.1 Å². The van der Waals surface area contributed by atoms with E-state index in [1.807, 2.05) is 19.9 Å². The predicted octanol–water partition coefficient (Wildman–Crippen LogP) is 6.48. The van der Waals surface area contributed by atoms with Gasteiger partial charge in [-0.25, -0.2) is 9.18 Å². The van der Waals surface area contributed by atoms with Gasteiger partial charge >= 0.3 is 6.16 Å². The van der Waals surface area contributed by atoms with E-state index in [1.54, 1.807) is 45.9 Å². The van der Waals surface area contributed by atoms with Crippen molar-refractivity contribution in [3.05, 3.63) is 64.7 Å². The summed E-state index contributed by atoms with van der Waals surface area (Å²) in [7, 11) is 0. The summed E-state index contributed by atoms with van der Waals surface area (Å²) >= 11 is 0. The van der Waals surface area contributed by atoms with Crippen LogP contribution in [0.1, 0.15) is 64.7 Å². The molecule has 1 aliphatic heterocycles. The van der Waals surface area contributed by atoms with Gasteiger partial charge in [-0.1, -0.05) is 19.9 Å². The minimum Gasteiger partial charge on any atom is -0.454 e. The van der Waals surface area contributed by atoms with Crippen molar-refractivity contribution in [1.29, 1.82) is 5.26 Å². The summed E-state index contributed by atoms with van der Waals surface area (Å²) in [6, 6.07) is 10.8. The number of ketones is 1. The Balaban J connectivity index is 2.17. The second kappa shape index (κ2) is 10.5. The van der Waals surface area contributed by atoms with Crippen LogP contribution >= 0.6 is 0 Å². The van der Waals surface area contributed by atoms with Gasteiger partial charge in [0.25, 0.3) is 0 Å². The number of rotatable bonds is 7. The Hall–Kier alpha value is -3.70. The van der Waals surface area contributed by atoms with Gasteiger partial charge in [0.15, 0.2) is 23.1 Å². The van der Waals surface area contributed by atoms with Gasteiger partial charge in [-0.3, -0.25) is 4.79 Å². The number of benzene rings is 2. The lowest BCUT2D eigenvalue weighted by Crippen LogP contribution is -2.50. The van der Waals surface area contributed by atoms with Crippen molar-refractivity contribution < 1.29 is 32.9 Å². The molecule has 0 bridgehead atoms. The van der Waals surface area contributed by atoms with Crippen molar-refractivity contribution in [2.45, 2.75) is 65.6 Å². The maximum atomic E-state index is 14.5. The quantitative estimate of drug-likeness (QED) is 0.406. The maximum Gasteiger partial charge on any atom is 0.513 e. The molecule has 0 radical (unpaired) electrons. The van der Waals surface area contributed by atoms with Gasteiger partial charge < -0.3 is 18.9 Å². The number of nitriles is 1. The van der Waals surface area contributed by atoms with Gasteiger partial charge in [0, 0.05) is 0 Å². The number of carbonyl (C=O) groups excluding carboxylic acids is 2. The van der Waals surface area contributed by atoms with Crippen LogP contribution in [0.25, 0.3) is 5.57 Å². The number of aryl methyl sites for hydroxylation is 1. The molecule has 0 spiro atoms. The highest BCUT2D eigenvalue weighted by Gasteiger charge is 2.49. The molecule has 0 aromatic heterocycles. The number of hydrogen-bond donors (Lipinski definition) is 0. The normalized spacial score (nSPS) is 16.3. The number of hydrogen-bond acceptors (Lipinski definition) is 7. The highest BCUT2D eigenvalue weighted by Crippen LogP contribution is 2.43. The largest absolute Gasteiger partial charge is 0.513 e. The van der Waals surface area contributed by atoms with E-state index in [2.05, 4.69) is 0 Å². The SMILES string of the molecule is CCCOC(=O)OC1=C(c2cc(Oc3ccc(C#N)cc3F)ccc2CC)C(=O)C(C)(C)OC1(C)C. The monoisotopic (exact) mass is 495 g/mol. The average Bonchev–Trinajstić information content (AvgIpc) is 2.82. The Kier molecular flexibility index (Phi) is 7.85. The third kappa shape index (κ3) is 5.58. The summed E-state index contributed by atoms with van der Waals surface area (Å²) in [6.07, 6.45) is 0.240. The lowest BCUT2D eigenvalue weighted by atomic mass is 9.81. The van der Waals surface area contributed by atoms with Crippen molar-refractivity contribution in [2.75, 3.05) is 6.61 Å². The van der Waals surface area contributed by atoms with Crippen molar-refractivity contribution in [1.82, 2.24) is 0 Å². The summed E-state index contributed by atoms with van der Waals surface area (Å²) in [5.74, 6) is -0.847. The van der Waals surface area contributed by atoms with Gasteiger partial charge in [-0.05, 0) is 82.0 Å². The molecule has 190 valence electrons. The van der Waals surface area contributed by atoms with Crippen LogP contribution in [0.3, 0.4) is 0 Å².